The van der Waals surface area contributed by atoms with Crippen LogP contribution in [0, 0.1) is 19.8 Å². The smallest absolute Gasteiger partial charge is 0.289 e. The lowest BCUT2D eigenvalue weighted by molar-refractivity contribution is 0.0864. The van der Waals surface area contributed by atoms with E-state index in [2.05, 4.69) is 39.2 Å². The molecule has 1 aliphatic heterocycles. The second kappa shape index (κ2) is 7.88. The van der Waals surface area contributed by atoms with Gasteiger partial charge in [-0.25, -0.2) is 9.97 Å². The van der Waals surface area contributed by atoms with Crippen molar-refractivity contribution < 1.29 is 9.90 Å². The van der Waals surface area contributed by atoms with Crippen LogP contribution in [0.2, 0.25) is 0 Å². The second-order valence-corrected chi connectivity index (χ2v) is 7.95. The highest BCUT2D eigenvalue weighted by atomic mass is 16.3. The minimum atomic E-state index is -0.190. The van der Waals surface area contributed by atoms with Crippen molar-refractivity contribution in [1.29, 1.82) is 0 Å². The van der Waals surface area contributed by atoms with E-state index in [1.165, 1.54) is 0 Å². The minimum absolute atomic E-state index is 0.178. The molecule has 2 heterocycles. The molecule has 2 aliphatic rings. The molecule has 1 aromatic rings. The lowest BCUT2D eigenvalue weighted by atomic mass is 9.78. The molecule has 144 valence electrons. The van der Waals surface area contributed by atoms with Crippen LogP contribution in [0.5, 0.6) is 0 Å². The van der Waals surface area contributed by atoms with Crippen LogP contribution in [0.4, 0.5) is 5.82 Å². The molecule has 0 bridgehead atoms. The Hall–Kier alpha value is -1.73. The number of aryl methyl sites for hydroxylation is 1. The second-order valence-electron chi connectivity index (χ2n) is 7.95. The van der Waals surface area contributed by atoms with Crippen molar-refractivity contribution in [2.24, 2.45) is 5.92 Å². The first-order chi connectivity index (χ1) is 12.4. The van der Waals surface area contributed by atoms with Crippen LogP contribution >= 0.6 is 0 Å². The normalized spacial score (nSPS) is 25.5. The molecule has 0 unspecified atom stereocenters. The molecule has 1 amide bonds. The first-order valence-electron chi connectivity index (χ1n) is 9.57. The van der Waals surface area contributed by atoms with Gasteiger partial charge in [-0.2, -0.15) is 0 Å². The number of hydrogen-bond donors (Lipinski definition) is 2. The van der Waals surface area contributed by atoms with E-state index < -0.39 is 0 Å². The van der Waals surface area contributed by atoms with Crippen LogP contribution in [0.3, 0.4) is 0 Å². The number of aliphatic hydroxyl groups is 1. The number of aromatic nitrogens is 2. The van der Waals surface area contributed by atoms with Crippen molar-refractivity contribution >= 4 is 11.7 Å². The SMILES string of the molecule is Cc1nc(C(=O)NC2CC(CCO)C2)nc(N2CC[C@@H](N(C)C)C2)c1C. The fourth-order valence-corrected chi connectivity index (χ4v) is 3.90. The van der Waals surface area contributed by atoms with E-state index in [-0.39, 0.29) is 24.4 Å². The summed E-state index contributed by atoms with van der Waals surface area (Å²) in [5.41, 5.74) is 1.91. The Balaban J connectivity index is 1.69. The predicted molar refractivity (Wildman–Crippen MR) is 101 cm³/mol. The summed E-state index contributed by atoms with van der Waals surface area (Å²) in [7, 11) is 4.21. The molecule has 0 radical (unpaired) electrons. The van der Waals surface area contributed by atoms with Gasteiger partial charge in [0.15, 0.2) is 0 Å². The fourth-order valence-electron chi connectivity index (χ4n) is 3.90. The molecule has 3 rings (SSSR count). The minimum Gasteiger partial charge on any atom is -0.396 e. The van der Waals surface area contributed by atoms with Gasteiger partial charge in [-0.1, -0.05) is 0 Å². The molecule has 1 saturated heterocycles. The number of rotatable bonds is 6. The summed E-state index contributed by atoms with van der Waals surface area (Å²) in [5, 5.41) is 12.0. The Morgan fingerprint density at radius 3 is 2.65 bits per heavy atom. The summed E-state index contributed by atoms with van der Waals surface area (Å²) in [4.78, 5) is 26.2. The van der Waals surface area contributed by atoms with E-state index in [1.807, 2.05) is 13.8 Å². The summed E-state index contributed by atoms with van der Waals surface area (Å²) in [5.74, 6) is 1.49. The molecule has 1 aliphatic carbocycles. The first kappa shape index (κ1) is 19.0. The Morgan fingerprint density at radius 2 is 2.04 bits per heavy atom. The molecule has 7 nitrogen and oxygen atoms in total. The van der Waals surface area contributed by atoms with Crippen molar-refractivity contribution in [2.45, 2.75) is 51.6 Å². The Labute approximate surface area is 155 Å². The van der Waals surface area contributed by atoms with Gasteiger partial charge in [0, 0.05) is 43.0 Å². The number of amides is 1. The van der Waals surface area contributed by atoms with Crippen molar-refractivity contribution in [1.82, 2.24) is 20.2 Å². The molecule has 1 aromatic heterocycles. The van der Waals surface area contributed by atoms with E-state index in [4.69, 9.17) is 5.11 Å². The maximum absolute atomic E-state index is 12.6. The maximum atomic E-state index is 12.6. The number of carbonyl (C=O) groups is 1. The highest BCUT2D eigenvalue weighted by molar-refractivity contribution is 5.91. The molecule has 2 fully saturated rings. The molecule has 1 saturated carbocycles. The fraction of sp³-hybridized carbons (Fsp3) is 0.737. The molecular formula is C19H31N5O2. The van der Waals surface area contributed by atoms with Crippen molar-refractivity contribution in [3.8, 4) is 0 Å². The molecular weight excluding hydrogens is 330 g/mol. The van der Waals surface area contributed by atoms with E-state index in [0.29, 0.717) is 12.0 Å². The van der Waals surface area contributed by atoms with Gasteiger partial charge in [0.1, 0.15) is 5.82 Å². The zero-order valence-corrected chi connectivity index (χ0v) is 16.3. The van der Waals surface area contributed by atoms with Gasteiger partial charge >= 0.3 is 0 Å². The van der Waals surface area contributed by atoms with E-state index >= 15 is 0 Å². The lowest BCUT2D eigenvalue weighted by Crippen LogP contribution is -2.45. The molecule has 2 N–H and O–H groups in total. The summed E-state index contributed by atoms with van der Waals surface area (Å²) >= 11 is 0. The van der Waals surface area contributed by atoms with Crippen LogP contribution in [-0.2, 0) is 0 Å². The highest BCUT2D eigenvalue weighted by Gasteiger charge is 2.31. The van der Waals surface area contributed by atoms with Gasteiger partial charge in [-0.05, 0) is 59.5 Å². The summed E-state index contributed by atoms with van der Waals surface area (Å²) in [6, 6.07) is 0.693. The van der Waals surface area contributed by atoms with Crippen LogP contribution in [0.25, 0.3) is 0 Å². The average molecular weight is 361 g/mol. The third-order valence-corrected chi connectivity index (χ3v) is 5.87. The summed E-state index contributed by atoms with van der Waals surface area (Å²) in [6.07, 6.45) is 3.78. The molecule has 1 atom stereocenters. The highest BCUT2D eigenvalue weighted by Crippen LogP contribution is 2.30. The topological polar surface area (TPSA) is 81.6 Å². The number of likely N-dealkylation sites (N-methyl/N-ethyl adjacent to an activating group) is 1. The van der Waals surface area contributed by atoms with Crippen LogP contribution in [0.1, 0.15) is 47.6 Å². The Morgan fingerprint density at radius 1 is 1.31 bits per heavy atom. The van der Waals surface area contributed by atoms with Gasteiger partial charge < -0.3 is 20.2 Å². The molecule has 0 aromatic carbocycles. The van der Waals surface area contributed by atoms with Gasteiger partial charge in [0.25, 0.3) is 5.91 Å². The number of nitrogens with one attached hydrogen (secondary N) is 1. The van der Waals surface area contributed by atoms with Gasteiger partial charge in [0.05, 0.1) is 0 Å². The molecule has 7 heteroatoms. The standard InChI is InChI=1S/C19H31N5O2/c1-12-13(2)20-17(19(26)21-15-9-14(10-15)6-8-25)22-18(12)24-7-5-16(11-24)23(3)4/h14-16,25H,5-11H2,1-4H3,(H,21,26)/t14?,15?,16-/m1/s1. The quantitative estimate of drug-likeness (QED) is 0.790. The monoisotopic (exact) mass is 361 g/mol. The number of aliphatic hydroxyl groups excluding tert-OH is 1. The van der Waals surface area contributed by atoms with E-state index in [1.54, 1.807) is 0 Å². The molecule has 26 heavy (non-hydrogen) atoms. The van der Waals surface area contributed by atoms with Crippen molar-refractivity contribution in [2.75, 3.05) is 38.7 Å². The zero-order chi connectivity index (χ0) is 18.8. The Bertz CT molecular complexity index is 658. The summed E-state index contributed by atoms with van der Waals surface area (Å²) < 4.78 is 0. The number of nitrogens with zero attached hydrogens (tertiary/aromatic N) is 4. The first-order valence-corrected chi connectivity index (χ1v) is 9.57. The number of hydrogen-bond acceptors (Lipinski definition) is 6. The third kappa shape index (κ3) is 3.99. The van der Waals surface area contributed by atoms with Gasteiger partial charge in [0.2, 0.25) is 5.82 Å². The zero-order valence-electron chi connectivity index (χ0n) is 16.3. The third-order valence-electron chi connectivity index (χ3n) is 5.87. The largest absolute Gasteiger partial charge is 0.396 e. The Kier molecular flexibility index (Phi) is 5.77. The molecule has 0 spiro atoms. The number of anilines is 1. The van der Waals surface area contributed by atoms with Gasteiger partial charge in [-0.15, -0.1) is 0 Å². The lowest BCUT2D eigenvalue weighted by Gasteiger charge is -2.35. The summed E-state index contributed by atoms with van der Waals surface area (Å²) in [6.45, 7) is 6.07. The maximum Gasteiger partial charge on any atom is 0.289 e. The van der Waals surface area contributed by atoms with Crippen molar-refractivity contribution in [3.05, 3.63) is 17.1 Å². The van der Waals surface area contributed by atoms with Crippen LogP contribution < -0.4 is 10.2 Å². The van der Waals surface area contributed by atoms with Crippen LogP contribution in [0.15, 0.2) is 0 Å². The van der Waals surface area contributed by atoms with Gasteiger partial charge in [-0.3, -0.25) is 4.79 Å². The van der Waals surface area contributed by atoms with Crippen molar-refractivity contribution in [3.63, 3.8) is 0 Å². The van der Waals surface area contributed by atoms with E-state index in [9.17, 15) is 4.79 Å². The average Bonchev–Trinajstić information content (AvgIpc) is 3.05. The van der Waals surface area contributed by atoms with E-state index in [0.717, 1.165) is 55.8 Å². The van der Waals surface area contributed by atoms with Crippen LogP contribution in [-0.4, -0.2) is 71.8 Å². The predicted octanol–water partition coefficient (Wildman–Crippen LogP) is 1.12. The number of carbonyl (C=O) groups excluding carboxylic acids is 1.